The van der Waals surface area contributed by atoms with Gasteiger partial charge in [-0.1, -0.05) is 13.8 Å². The van der Waals surface area contributed by atoms with E-state index in [2.05, 4.69) is 21.3 Å². The van der Waals surface area contributed by atoms with Gasteiger partial charge in [0.05, 0.1) is 0 Å². The molecule has 0 bridgehead atoms. The first-order valence-electron chi connectivity index (χ1n) is 6.46. The highest BCUT2D eigenvalue weighted by molar-refractivity contribution is 6.01. The second-order valence-corrected chi connectivity index (χ2v) is 5.52. The Kier molecular flexibility index (Phi) is 3.17. The zero-order valence-electron chi connectivity index (χ0n) is 11.6. The molecule has 106 valence electrons. The van der Waals surface area contributed by atoms with Crippen LogP contribution in [-0.4, -0.2) is 29.6 Å². The molecule has 0 aromatic rings. The lowest BCUT2D eigenvalue weighted by molar-refractivity contribution is -0.135. The number of hydrogen-bond donors (Lipinski definition) is 5. The quantitative estimate of drug-likeness (QED) is 0.425. The van der Waals surface area contributed by atoms with E-state index in [1.165, 1.54) is 0 Å². The van der Waals surface area contributed by atoms with Gasteiger partial charge in [-0.15, -0.1) is 0 Å². The standard InChI is InChI=1S/C12H21N5O2/c1-5(2)9(18)12(13)16-10-8(11(19)17-12)14-6(3)7(4)15-10/h5-7,14-16H,13H2,1-4H3,(H,17,19). The van der Waals surface area contributed by atoms with Crippen LogP contribution in [-0.2, 0) is 9.59 Å². The average molecular weight is 267 g/mol. The normalized spacial score (nSPS) is 33.9. The number of nitrogens with two attached hydrogens (primary N) is 1. The first-order chi connectivity index (χ1) is 8.74. The SMILES string of the molecule is CC(C)C(=O)C1(N)NC(=O)C2=C(NC(C)C(C)N2)N1. The lowest BCUT2D eigenvalue weighted by Crippen LogP contribution is -2.76. The van der Waals surface area contributed by atoms with Crippen LogP contribution < -0.4 is 27.0 Å². The molecule has 2 rings (SSSR count). The molecule has 0 spiro atoms. The average Bonchev–Trinajstić information content (AvgIpc) is 2.31. The van der Waals surface area contributed by atoms with Crippen LogP contribution >= 0.6 is 0 Å². The van der Waals surface area contributed by atoms with Gasteiger partial charge in [-0.3, -0.25) is 15.3 Å². The van der Waals surface area contributed by atoms with Crippen molar-refractivity contribution in [1.82, 2.24) is 21.3 Å². The van der Waals surface area contributed by atoms with Crippen LogP contribution in [0.3, 0.4) is 0 Å². The van der Waals surface area contributed by atoms with E-state index in [-0.39, 0.29) is 29.7 Å². The second-order valence-electron chi connectivity index (χ2n) is 5.52. The second kappa shape index (κ2) is 4.41. The molecule has 3 unspecified atom stereocenters. The molecule has 0 aromatic heterocycles. The molecule has 0 radical (unpaired) electrons. The lowest BCUT2D eigenvalue weighted by Gasteiger charge is -2.43. The van der Waals surface area contributed by atoms with Crippen LogP contribution in [0, 0.1) is 5.92 Å². The molecule has 2 heterocycles. The molecule has 7 nitrogen and oxygen atoms in total. The van der Waals surface area contributed by atoms with Crippen molar-refractivity contribution in [2.75, 3.05) is 0 Å². The summed E-state index contributed by atoms with van der Waals surface area (Å²) in [6, 6.07) is 0.230. The van der Waals surface area contributed by atoms with Crippen LogP contribution in [0.2, 0.25) is 0 Å². The highest BCUT2D eigenvalue weighted by atomic mass is 16.2. The van der Waals surface area contributed by atoms with Crippen LogP contribution in [0.1, 0.15) is 27.7 Å². The van der Waals surface area contributed by atoms with Crippen LogP contribution in [0.4, 0.5) is 0 Å². The van der Waals surface area contributed by atoms with Crippen LogP contribution in [0.25, 0.3) is 0 Å². The van der Waals surface area contributed by atoms with E-state index in [4.69, 9.17) is 5.73 Å². The van der Waals surface area contributed by atoms with E-state index >= 15 is 0 Å². The lowest BCUT2D eigenvalue weighted by atomic mass is 9.99. The summed E-state index contributed by atoms with van der Waals surface area (Å²) in [5, 5.41) is 11.7. The van der Waals surface area contributed by atoms with E-state index < -0.39 is 5.79 Å². The van der Waals surface area contributed by atoms with Crippen molar-refractivity contribution in [2.45, 2.75) is 45.6 Å². The van der Waals surface area contributed by atoms with Gasteiger partial charge in [-0.2, -0.15) is 0 Å². The molecule has 2 aliphatic rings. The highest BCUT2D eigenvalue weighted by Gasteiger charge is 2.44. The molecular formula is C12H21N5O2. The number of ketones is 1. The minimum absolute atomic E-state index is 0.109. The van der Waals surface area contributed by atoms with Crippen molar-refractivity contribution in [3.63, 3.8) is 0 Å². The van der Waals surface area contributed by atoms with Gasteiger partial charge >= 0.3 is 0 Å². The minimum atomic E-state index is -1.56. The molecule has 1 amide bonds. The van der Waals surface area contributed by atoms with Crippen molar-refractivity contribution in [1.29, 1.82) is 0 Å². The van der Waals surface area contributed by atoms with E-state index in [0.29, 0.717) is 11.5 Å². The van der Waals surface area contributed by atoms with Gasteiger partial charge in [0.1, 0.15) is 11.5 Å². The molecular weight excluding hydrogens is 246 g/mol. The summed E-state index contributed by atoms with van der Waals surface area (Å²) in [7, 11) is 0. The third kappa shape index (κ3) is 2.25. The Balaban J connectivity index is 2.31. The van der Waals surface area contributed by atoms with Gasteiger partial charge in [0.25, 0.3) is 5.91 Å². The maximum absolute atomic E-state index is 12.1. The number of carbonyl (C=O) groups excluding carboxylic acids is 2. The van der Waals surface area contributed by atoms with Gasteiger partial charge in [-0.05, 0) is 13.8 Å². The molecule has 3 atom stereocenters. The number of rotatable bonds is 2. The molecule has 7 heteroatoms. The number of amides is 1. The summed E-state index contributed by atoms with van der Waals surface area (Å²) < 4.78 is 0. The van der Waals surface area contributed by atoms with Crippen molar-refractivity contribution in [3.8, 4) is 0 Å². The van der Waals surface area contributed by atoms with E-state index in [1.54, 1.807) is 13.8 Å². The fourth-order valence-electron chi connectivity index (χ4n) is 2.18. The summed E-state index contributed by atoms with van der Waals surface area (Å²) in [5.41, 5.74) is 6.38. The number of carbonyl (C=O) groups is 2. The number of nitrogens with one attached hydrogen (secondary N) is 4. The Labute approximate surface area is 112 Å². The summed E-state index contributed by atoms with van der Waals surface area (Å²) in [6.07, 6.45) is 0. The highest BCUT2D eigenvalue weighted by Crippen LogP contribution is 2.17. The van der Waals surface area contributed by atoms with Crippen molar-refractivity contribution >= 4 is 11.7 Å². The fourth-order valence-corrected chi connectivity index (χ4v) is 2.18. The van der Waals surface area contributed by atoms with Crippen LogP contribution in [0.5, 0.6) is 0 Å². The summed E-state index contributed by atoms with van der Waals surface area (Å²) in [4.78, 5) is 24.2. The van der Waals surface area contributed by atoms with Gasteiger partial charge < -0.3 is 21.3 Å². The monoisotopic (exact) mass is 267 g/mol. The Morgan fingerprint density at radius 3 is 2.37 bits per heavy atom. The van der Waals surface area contributed by atoms with Gasteiger partial charge in [0, 0.05) is 18.0 Å². The molecule has 2 aliphatic heterocycles. The van der Waals surface area contributed by atoms with Gasteiger partial charge in [0.15, 0.2) is 5.78 Å². The fraction of sp³-hybridized carbons (Fsp3) is 0.667. The molecule has 0 saturated carbocycles. The minimum Gasteiger partial charge on any atom is -0.373 e. The van der Waals surface area contributed by atoms with Gasteiger partial charge in [-0.25, -0.2) is 0 Å². The zero-order valence-corrected chi connectivity index (χ0v) is 11.6. The Morgan fingerprint density at radius 2 is 1.79 bits per heavy atom. The predicted octanol–water partition coefficient (Wildman–Crippen LogP) is -1.32. The zero-order chi connectivity index (χ0) is 14.4. The third-order valence-corrected chi connectivity index (χ3v) is 3.52. The first kappa shape index (κ1) is 13.7. The van der Waals surface area contributed by atoms with E-state index in [9.17, 15) is 9.59 Å². The Morgan fingerprint density at radius 1 is 1.21 bits per heavy atom. The van der Waals surface area contributed by atoms with Crippen molar-refractivity contribution < 1.29 is 9.59 Å². The molecule has 0 saturated heterocycles. The number of hydrogen-bond acceptors (Lipinski definition) is 6. The predicted molar refractivity (Wildman–Crippen MR) is 70.3 cm³/mol. The Hall–Kier alpha value is -1.76. The van der Waals surface area contributed by atoms with E-state index in [0.717, 1.165) is 0 Å². The third-order valence-electron chi connectivity index (χ3n) is 3.52. The van der Waals surface area contributed by atoms with E-state index in [1.807, 2.05) is 13.8 Å². The maximum Gasteiger partial charge on any atom is 0.274 e. The summed E-state index contributed by atoms with van der Waals surface area (Å²) in [6.45, 7) is 7.44. The smallest absolute Gasteiger partial charge is 0.274 e. The largest absolute Gasteiger partial charge is 0.373 e. The first-order valence-corrected chi connectivity index (χ1v) is 6.46. The maximum atomic E-state index is 12.1. The number of Topliss-reactive ketones (excluding diaryl/α,β-unsaturated/α-hetero) is 1. The molecule has 0 aliphatic carbocycles. The molecule has 0 fully saturated rings. The summed E-state index contributed by atoms with van der Waals surface area (Å²) >= 11 is 0. The molecule has 6 N–H and O–H groups in total. The van der Waals surface area contributed by atoms with Gasteiger partial charge in [0.2, 0.25) is 5.79 Å². The van der Waals surface area contributed by atoms with Crippen LogP contribution in [0.15, 0.2) is 11.5 Å². The molecule has 19 heavy (non-hydrogen) atoms. The van der Waals surface area contributed by atoms with Crippen molar-refractivity contribution in [2.24, 2.45) is 11.7 Å². The van der Waals surface area contributed by atoms with Crippen molar-refractivity contribution in [3.05, 3.63) is 11.5 Å². The summed E-state index contributed by atoms with van der Waals surface area (Å²) in [5.74, 6) is -2.00. The molecule has 0 aromatic carbocycles. The Bertz CT molecular complexity index is 459. The topological polar surface area (TPSA) is 108 Å².